The molecule has 0 aliphatic carbocycles. The highest BCUT2D eigenvalue weighted by atomic mass is 16.3. The number of hydrogen-bond donors (Lipinski definition) is 0. The summed E-state index contributed by atoms with van der Waals surface area (Å²) in [5.74, 6) is 1.71. The molecule has 2 aliphatic rings. The van der Waals surface area contributed by atoms with Gasteiger partial charge in [0.05, 0.1) is 11.4 Å². The summed E-state index contributed by atoms with van der Waals surface area (Å²) >= 11 is 0. The molecule has 5 heteroatoms. The second kappa shape index (κ2) is 6.71. The summed E-state index contributed by atoms with van der Waals surface area (Å²) in [6, 6.07) is 19.0. The minimum atomic E-state index is 0.0453. The van der Waals surface area contributed by atoms with Crippen molar-refractivity contribution < 1.29 is 4.42 Å². The number of fused-ring (bicyclic) bond motifs is 4. The number of nitrogens with zero attached hydrogens (tertiary/aromatic N) is 4. The van der Waals surface area contributed by atoms with Crippen molar-refractivity contribution in [3.05, 3.63) is 71.9 Å². The van der Waals surface area contributed by atoms with Crippen LogP contribution in [0.3, 0.4) is 0 Å². The van der Waals surface area contributed by atoms with E-state index in [4.69, 9.17) is 14.4 Å². The van der Waals surface area contributed by atoms with Crippen LogP contribution in [0.2, 0.25) is 0 Å². The van der Waals surface area contributed by atoms with Crippen molar-refractivity contribution in [3.8, 4) is 0 Å². The van der Waals surface area contributed by atoms with Gasteiger partial charge in [0.2, 0.25) is 5.88 Å². The summed E-state index contributed by atoms with van der Waals surface area (Å²) in [5, 5.41) is 1.16. The molecule has 0 fully saturated rings. The van der Waals surface area contributed by atoms with E-state index in [2.05, 4.69) is 73.0 Å². The van der Waals surface area contributed by atoms with Crippen LogP contribution in [0.15, 0.2) is 70.2 Å². The van der Waals surface area contributed by atoms with E-state index >= 15 is 0 Å². The van der Waals surface area contributed by atoms with E-state index in [1.54, 1.807) is 0 Å². The lowest BCUT2D eigenvalue weighted by molar-refractivity contribution is 0.614. The Balaban J connectivity index is 1.59. The summed E-state index contributed by atoms with van der Waals surface area (Å²) in [7, 11) is 0. The molecule has 0 saturated heterocycles. The third-order valence-corrected chi connectivity index (χ3v) is 6.42. The number of furan rings is 1. The summed E-state index contributed by atoms with van der Waals surface area (Å²) in [6.45, 7) is 6.44. The predicted molar refractivity (Wildman–Crippen MR) is 126 cm³/mol. The Morgan fingerprint density at radius 3 is 2.61 bits per heavy atom. The number of aryl methyl sites for hydroxylation is 2. The van der Waals surface area contributed by atoms with Gasteiger partial charge in [0, 0.05) is 28.5 Å². The molecule has 0 unspecified atom stereocenters. The van der Waals surface area contributed by atoms with Gasteiger partial charge in [-0.15, -0.1) is 0 Å². The molecule has 154 valence electrons. The summed E-state index contributed by atoms with van der Waals surface area (Å²) < 4.78 is 6.41. The maximum absolute atomic E-state index is 6.41. The van der Waals surface area contributed by atoms with Crippen molar-refractivity contribution in [1.82, 2.24) is 4.98 Å². The Labute approximate surface area is 181 Å². The highest BCUT2D eigenvalue weighted by molar-refractivity contribution is 6.01. The number of hydrogen-bond acceptors (Lipinski definition) is 5. The third kappa shape index (κ3) is 2.62. The fourth-order valence-corrected chi connectivity index (χ4v) is 4.94. The lowest BCUT2D eigenvalue weighted by Crippen LogP contribution is -2.35. The van der Waals surface area contributed by atoms with Crippen molar-refractivity contribution >= 4 is 45.4 Å². The zero-order valence-electron chi connectivity index (χ0n) is 18.0. The first-order valence-corrected chi connectivity index (χ1v) is 10.8. The standard InChI is InChI=1S/C26H24N4O/c1-16-11-13-20-21-14-12-17(2)28-26(21)31-24(20)23(16)30-18(3)29(19-8-5-4-6-9-19)22-10-7-15-27-25(22)30/h4-11,13,15,18H,12,14H2,1-3H3/t18-/m0/s1. The van der Waals surface area contributed by atoms with Crippen molar-refractivity contribution in [3.63, 3.8) is 0 Å². The molecule has 1 atom stereocenters. The van der Waals surface area contributed by atoms with Gasteiger partial charge in [0.15, 0.2) is 11.4 Å². The Hall–Kier alpha value is -3.60. The molecule has 2 aromatic heterocycles. The van der Waals surface area contributed by atoms with Gasteiger partial charge in [0.1, 0.15) is 6.17 Å². The molecule has 4 aromatic rings. The van der Waals surface area contributed by atoms with E-state index in [0.717, 1.165) is 63.9 Å². The number of anilines is 4. The van der Waals surface area contributed by atoms with Gasteiger partial charge in [-0.3, -0.25) is 4.90 Å². The highest BCUT2D eigenvalue weighted by Gasteiger charge is 2.38. The molecular formula is C26H24N4O. The van der Waals surface area contributed by atoms with Gasteiger partial charge in [-0.25, -0.2) is 9.98 Å². The van der Waals surface area contributed by atoms with Gasteiger partial charge in [-0.1, -0.05) is 30.3 Å². The highest BCUT2D eigenvalue weighted by Crippen LogP contribution is 2.50. The Bertz CT molecular complexity index is 1340. The lowest BCUT2D eigenvalue weighted by Gasteiger charge is -2.30. The quantitative estimate of drug-likeness (QED) is 0.365. The van der Waals surface area contributed by atoms with Crippen LogP contribution in [-0.2, 0) is 6.42 Å². The number of benzene rings is 2. The second-order valence-electron chi connectivity index (χ2n) is 8.39. The summed E-state index contributed by atoms with van der Waals surface area (Å²) in [4.78, 5) is 14.2. The van der Waals surface area contributed by atoms with E-state index in [0.29, 0.717) is 0 Å². The first-order chi connectivity index (χ1) is 15.1. The second-order valence-corrected chi connectivity index (χ2v) is 8.39. The predicted octanol–water partition coefficient (Wildman–Crippen LogP) is 6.81. The Morgan fingerprint density at radius 1 is 0.935 bits per heavy atom. The smallest absolute Gasteiger partial charge is 0.223 e. The van der Waals surface area contributed by atoms with Crippen LogP contribution in [0.1, 0.15) is 31.4 Å². The molecule has 2 aromatic carbocycles. The monoisotopic (exact) mass is 408 g/mol. The van der Waals surface area contributed by atoms with E-state index in [1.165, 1.54) is 5.56 Å². The van der Waals surface area contributed by atoms with Crippen molar-refractivity contribution in [1.29, 1.82) is 0 Å². The van der Waals surface area contributed by atoms with Crippen LogP contribution >= 0.6 is 0 Å². The van der Waals surface area contributed by atoms with Crippen LogP contribution in [-0.4, -0.2) is 16.9 Å². The zero-order chi connectivity index (χ0) is 21.1. The first-order valence-electron chi connectivity index (χ1n) is 10.8. The third-order valence-electron chi connectivity index (χ3n) is 6.42. The topological polar surface area (TPSA) is 44.9 Å². The van der Waals surface area contributed by atoms with Crippen molar-refractivity contribution in [2.45, 2.75) is 39.8 Å². The van der Waals surface area contributed by atoms with Gasteiger partial charge in [-0.2, -0.15) is 0 Å². The minimum Gasteiger partial charge on any atom is -0.436 e. The van der Waals surface area contributed by atoms with E-state index in [-0.39, 0.29) is 6.17 Å². The van der Waals surface area contributed by atoms with Crippen molar-refractivity contribution in [2.75, 3.05) is 9.80 Å². The van der Waals surface area contributed by atoms with Crippen LogP contribution in [0.5, 0.6) is 0 Å². The average Bonchev–Trinajstić information content (AvgIpc) is 3.28. The number of aliphatic imine (C=N–C) groups is 1. The number of pyridine rings is 1. The molecule has 31 heavy (non-hydrogen) atoms. The van der Waals surface area contributed by atoms with Crippen LogP contribution in [0, 0.1) is 6.92 Å². The zero-order valence-corrected chi connectivity index (χ0v) is 18.0. The maximum atomic E-state index is 6.41. The summed E-state index contributed by atoms with van der Waals surface area (Å²) in [5.41, 5.74) is 7.74. The summed E-state index contributed by atoms with van der Waals surface area (Å²) in [6.07, 6.45) is 3.87. The van der Waals surface area contributed by atoms with Crippen molar-refractivity contribution in [2.24, 2.45) is 4.99 Å². The minimum absolute atomic E-state index is 0.0453. The normalized spacial score (nSPS) is 17.6. The molecule has 0 spiro atoms. The molecular weight excluding hydrogens is 384 g/mol. The number of para-hydroxylation sites is 1. The SMILES string of the molecule is CC1=Nc2oc3c(N4c5ncccc5N(c5ccccc5)[C@@H]4C)c(C)ccc3c2CC1. The molecule has 5 nitrogen and oxygen atoms in total. The van der Waals surface area contributed by atoms with E-state index in [1.807, 2.05) is 18.3 Å². The molecule has 0 saturated carbocycles. The van der Waals surface area contributed by atoms with Gasteiger partial charge >= 0.3 is 0 Å². The van der Waals surface area contributed by atoms with Gasteiger partial charge < -0.3 is 9.32 Å². The molecule has 0 amide bonds. The van der Waals surface area contributed by atoms with E-state index in [9.17, 15) is 0 Å². The van der Waals surface area contributed by atoms with Gasteiger partial charge in [0.25, 0.3) is 0 Å². The van der Waals surface area contributed by atoms with Crippen LogP contribution < -0.4 is 9.80 Å². The average molecular weight is 409 g/mol. The molecule has 0 N–H and O–H groups in total. The van der Waals surface area contributed by atoms with Crippen LogP contribution in [0.4, 0.5) is 28.8 Å². The fourth-order valence-electron chi connectivity index (χ4n) is 4.94. The number of aromatic nitrogens is 1. The lowest BCUT2D eigenvalue weighted by atomic mass is 10.0. The van der Waals surface area contributed by atoms with Gasteiger partial charge in [-0.05, 0) is 63.4 Å². The molecule has 0 radical (unpaired) electrons. The first kappa shape index (κ1) is 18.2. The van der Waals surface area contributed by atoms with Crippen LogP contribution in [0.25, 0.3) is 11.0 Å². The Morgan fingerprint density at radius 2 is 1.77 bits per heavy atom. The number of rotatable bonds is 2. The molecule has 4 heterocycles. The molecule has 0 bridgehead atoms. The fraction of sp³-hybridized carbons (Fsp3) is 0.231. The van der Waals surface area contributed by atoms with E-state index < -0.39 is 0 Å². The molecule has 2 aliphatic heterocycles. The molecule has 6 rings (SSSR count). The maximum Gasteiger partial charge on any atom is 0.223 e. The largest absolute Gasteiger partial charge is 0.436 e. The Kier molecular flexibility index (Phi) is 3.93.